The molecule has 0 bridgehead atoms. The average molecular weight is 465 g/mol. The molecular formula is C19H21ClN6O6. The zero-order valence-corrected chi connectivity index (χ0v) is 18.1. The summed E-state index contributed by atoms with van der Waals surface area (Å²) in [5.74, 6) is -2.01. The minimum Gasteiger partial charge on any atom is -0.372 e. The number of halogens is 1. The summed E-state index contributed by atoms with van der Waals surface area (Å²) in [6.07, 6.45) is -0.965. The predicted molar refractivity (Wildman–Crippen MR) is 111 cm³/mol. The van der Waals surface area contributed by atoms with Crippen LogP contribution in [-0.2, 0) is 20.7 Å². The van der Waals surface area contributed by atoms with E-state index in [0.717, 1.165) is 0 Å². The summed E-state index contributed by atoms with van der Waals surface area (Å²) in [5.41, 5.74) is -0.738. The number of carbonyl (C=O) groups is 4. The third-order valence-corrected chi connectivity index (χ3v) is 6.57. The number of amides is 5. The van der Waals surface area contributed by atoms with Crippen molar-refractivity contribution in [2.24, 2.45) is 5.41 Å². The maximum absolute atomic E-state index is 13.2. The normalized spacial score (nSPS) is 26.4. The largest absolute Gasteiger partial charge is 0.372 e. The first-order chi connectivity index (χ1) is 15.2. The summed E-state index contributed by atoms with van der Waals surface area (Å²) in [5, 5.41) is 10.8. The van der Waals surface area contributed by atoms with Gasteiger partial charge in [-0.2, -0.15) is 0 Å². The number of barbiturate groups is 1. The Hall–Kier alpha value is -3.25. The van der Waals surface area contributed by atoms with Crippen LogP contribution < -0.4 is 20.9 Å². The molecule has 1 spiro atoms. The van der Waals surface area contributed by atoms with Gasteiger partial charge in [-0.15, -0.1) is 0 Å². The fourth-order valence-electron chi connectivity index (χ4n) is 5.02. The Bertz CT molecular complexity index is 1200. The highest BCUT2D eigenvalue weighted by Crippen LogP contribution is 2.50. The van der Waals surface area contributed by atoms with Gasteiger partial charge in [0.15, 0.2) is 11.1 Å². The highest BCUT2D eigenvalue weighted by atomic mass is 35.5. The van der Waals surface area contributed by atoms with E-state index in [1.54, 1.807) is 6.92 Å². The molecule has 5 amide bonds. The van der Waals surface area contributed by atoms with E-state index in [-0.39, 0.29) is 35.8 Å². The third-order valence-electron chi connectivity index (χ3n) is 6.22. The third kappa shape index (κ3) is 2.59. The Balaban J connectivity index is 0.00000259. The summed E-state index contributed by atoms with van der Waals surface area (Å²) >= 11 is 6.72. The topological polar surface area (TPSA) is 156 Å². The molecule has 0 aromatic carbocycles. The summed E-state index contributed by atoms with van der Waals surface area (Å²) < 4.78 is 11.3. The minimum atomic E-state index is -1.70. The van der Waals surface area contributed by atoms with Crippen LogP contribution in [-0.4, -0.2) is 65.7 Å². The number of hydrogen-bond acceptors (Lipinski definition) is 9. The van der Waals surface area contributed by atoms with E-state index in [1.807, 2.05) is 11.8 Å². The minimum absolute atomic E-state index is 0. The molecule has 3 aliphatic heterocycles. The molecule has 3 aliphatic rings. The number of rotatable bonds is 1. The quantitative estimate of drug-likeness (QED) is 0.507. The number of morpholine rings is 1. The molecule has 13 heteroatoms. The maximum Gasteiger partial charge on any atom is 0.328 e. The molecule has 2 saturated heterocycles. The molecule has 2 aromatic rings. The first-order valence-corrected chi connectivity index (χ1v) is 10.4. The van der Waals surface area contributed by atoms with Gasteiger partial charge < -0.3 is 19.5 Å². The number of aromatic nitrogens is 2. The summed E-state index contributed by atoms with van der Waals surface area (Å²) in [6.45, 7) is 3.92. The number of imide groups is 2. The molecule has 2 aromatic heterocycles. The Morgan fingerprint density at radius 1 is 1.28 bits per heavy atom. The zero-order valence-electron chi connectivity index (χ0n) is 17.3. The number of fused-ring (bicyclic) bond motifs is 5. The van der Waals surface area contributed by atoms with E-state index >= 15 is 0 Å². The molecule has 2 fully saturated rings. The first-order valence-electron chi connectivity index (χ1n) is 9.97. The lowest BCUT2D eigenvalue weighted by atomic mass is 9.67. The number of nitrogens with one attached hydrogen (secondary N) is 3. The van der Waals surface area contributed by atoms with Crippen molar-refractivity contribution in [3.05, 3.63) is 16.4 Å². The first kappa shape index (κ1) is 20.6. The molecule has 0 radical (unpaired) electrons. The van der Waals surface area contributed by atoms with Crippen LogP contribution in [0, 0.1) is 5.41 Å². The molecular weight excluding hydrogens is 444 g/mol. The molecule has 5 rings (SSSR count). The zero-order chi connectivity index (χ0) is 22.9. The SMILES string of the molecule is CNC(=O)c1noc2c(Cl)c3c(nc12)CC1(C(=O)NC(=O)NC1=O)[C@H]1[C@H](C)O[C@H](C)CN31.[HH]. The van der Waals surface area contributed by atoms with E-state index in [0.29, 0.717) is 17.9 Å². The lowest BCUT2D eigenvalue weighted by molar-refractivity contribution is -0.153. The van der Waals surface area contributed by atoms with Crippen LogP contribution in [0.2, 0.25) is 5.02 Å². The Labute approximate surface area is 187 Å². The van der Waals surface area contributed by atoms with Crippen LogP contribution in [0.5, 0.6) is 0 Å². The Morgan fingerprint density at radius 2 is 1.97 bits per heavy atom. The molecule has 3 atom stereocenters. The standard InChI is InChI=1S/C19H19ClN6O6.H2/c1-6-5-26-12-8(22-10-11(15(27)21-3)25-32-13(10)9(12)20)4-19(14(26)7(2)31-6)16(28)23-18(30)24-17(19)29;/h6-7,14H,4-5H2,1-3H3,(H,21,27)(H2,23,24,28,29,30);1H/t6-,7+,14-;/m1./s1. The highest BCUT2D eigenvalue weighted by Gasteiger charge is 2.63. The number of anilines is 1. The number of nitrogens with zero attached hydrogens (tertiary/aromatic N) is 3. The van der Waals surface area contributed by atoms with Crippen LogP contribution in [0.1, 0.15) is 31.5 Å². The van der Waals surface area contributed by atoms with E-state index in [2.05, 4.69) is 26.1 Å². The van der Waals surface area contributed by atoms with Crippen molar-refractivity contribution < 1.29 is 29.9 Å². The van der Waals surface area contributed by atoms with Crippen LogP contribution in [0.15, 0.2) is 4.52 Å². The molecule has 3 N–H and O–H groups in total. The van der Waals surface area contributed by atoms with Crippen molar-refractivity contribution >= 4 is 52.1 Å². The van der Waals surface area contributed by atoms with Crippen molar-refractivity contribution in [2.75, 3.05) is 18.5 Å². The molecule has 0 saturated carbocycles. The van der Waals surface area contributed by atoms with Crippen molar-refractivity contribution in [1.29, 1.82) is 0 Å². The monoisotopic (exact) mass is 464 g/mol. The van der Waals surface area contributed by atoms with Gasteiger partial charge in [0.25, 0.3) is 5.91 Å². The Morgan fingerprint density at radius 3 is 2.62 bits per heavy atom. The van der Waals surface area contributed by atoms with E-state index in [4.69, 9.17) is 20.9 Å². The number of ether oxygens (including phenoxy) is 1. The van der Waals surface area contributed by atoms with Crippen molar-refractivity contribution in [2.45, 2.75) is 38.5 Å². The molecule has 5 heterocycles. The van der Waals surface area contributed by atoms with Gasteiger partial charge in [-0.1, -0.05) is 16.8 Å². The summed E-state index contributed by atoms with van der Waals surface area (Å²) in [4.78, 5) is 56.7. The van der Waals surface area contributed by atoms with E-state index < -0.39 is 41.3 Å². The number of urea groups is 1. The number of pyridine rings is 1. The van der Waals surface area contributed by atoms with Gasteiger partial charge in [-0.25, -0.2) is 9.78 Å². The molecule has 170 valence electrons. The van der Waals surface area contributed by atoms with Gasteiger partial charge in [0.1, 0.15) is 10.5 Å². The summed E-state index contributed by atoms with van der Waals surface area (Å²) in [6, 6.07) is -1.65. The van der Waals surface area contributed by atoms with Gasteiger partial charge in [-0.05, 0) is 13.8 Å². The van der Waals surface area contributed by atoms with Gasteiger partial charge in [0.05, 0.1) is 29.6 Å². The average Bonchev–Trinajstić information content (AvgIpc) is 3.14. The second kappa shape index (κ2) is 6.87. The van der Waals surface area contributed by atoms with Gasteiger partial charge in [-0.3, -0.25) is 25.0 Å². The van der Waals surface area contributed by atoms with Gasteiger partial charge in [0, 0.05) is 21.4 Å². The van der Waals surface area contributed by atoms with Crippen molar-refractivity contribution in [3.8, 4) is 0 Å². The lowest BCUT2D eigenvalue weighted by Crippen LogP contribution is -2.75. The van der Waals surface area contributed by atoms with Crippen molar-refractivity contribution in [3.63, 3.8) is 0 Å². The fourth-order valence-corrected chi connectivity index (χ4v) is 5.37. The maximum atomic E-state index is 13.2. The van der Waals surface area contributed by atoms with Crippen molar-refractivity contribution in [1.82, 2.24) is 26.1 Å². The van der Waals surface area contributed by atoms with Crippen LogP contribution in [0.25, 0.3) is 11.1 Å². The Kier molecular flexibility index (Phi) is 4.43. The molecule has 0 unspecified atom stereocenters. The second-order valence-electron chi connectivity index (χ2n) is 8.14. The second-order valence-corrected chi connectivity index (χ2v) is 8.52. The van der Waals surface area contributed by atoms with Gasteiger partial charge >= 0.3 is 6.03 Å². The van der Waals surface area contributed by atoms with Crippen LogP contribution in [0.4, 0.5) is 10.5 Å². The van der Waals surface area contributed by atoms with Crippen LogP contribution >= 0.6 is 11.6 Å². The lowest BCUT2D eigenvalue weighted by Gasteiger charge is -2.55. The molecule has 12 nitrogen and oxygen atoms in total. The summed E-state index contributed by atoms with van der Waals surface area (Å²) in [7, 11) is 1.44. The van der Waals surface area contributed by atoms with E-state index in [9.17, 15) is 19.2 Å². The van der Waals surface area contributed by atoms with E-state index in [1.165, 1.54) is 7.05 Å². The number of hydrogen-bond donors (Lipinski definition) is 3. The molecule has 32 heavy (non-hydrogen) atoms. The predicted octanol–water partition coefficient (Wildman–Crippen LogP) is 0.373. The number of carbonyl (C=O) groups excluding carboxylic acids is 4. The van der Waals surface area contributed by atoms with Gasteiger partial charge in [0.2, 0.25) is 17.4 Å². The van der Waals surface area contributed by atoms with Crippen LogP contribution in [0.3, 0.4) is 0 Å². The highest BCUT2D eigenvalue weighted by molar-refractivity contribution is 6.38. The smallest absolute Gasteiger partial charge is 0.328 e. The molecule has 0 aliphatic carbocycles. The fraction of sp³-hybridized carbons (Fsp3) is 0.474.